The van der Waals surface area contributed by atoms with Crippen LogP contribution in [0.25, 0.3) is 22.3 Å². The van der Waals surface area contributed by atoms with E-state index in [0.29, 0.717) is 35.6 Å². The first-order chi connectivity index (χ1) is 14.9. The first-order valence-electron chi connectivity index (χ1n) is 10.3. The number of halogens is 1. The molecular weight excluding hydrogens is 401 g/mol. The zero-order valence-corrected chi connectivity index (χ0v) is 17.1. The Morgan fingerprint density at radius 2 is 2.06 bits per heavy atom. The summed E-state index contributed by atoms with van der Waals surface area (Å²) in [4.78, 5) is 29.7. The molecule has 1 aromatic carbocycles. The molecule has 0 saturated carbocycles. The van der Waals surface area contributed by atoms with E-state index in [4.69, 9.17) is 15.5 Å². The van der Waals surface area contributed by atoms with Crippen LogP contribution in [0.2, 0.25) is 0 Å². The van der Waals surface area contributed by atoms with E-state index in [1.165, 1.54) is 6.07 Å². The number of rotatable bonds is 4. The maximum Gasteiger partial charge on any atom is 0.340 e. The van der Waals surface area contributed by atoms with E-state index < -0.39 is 12.1 Å². The monoisotopic (exact) mass is 423 g/mol. The standard InChI is InChI=1S/C23H22FN3O4/c1-11-6-13-12(4-2-3-5-25)15-9-27-19(20(15)26-18(13)8-17(11)24)7-14-16(22(27)29)10-31-23(30)21(14)28/h6-8,21,28H,2-5,9-10,25H2,1H3/t21-/m0/s1. The van der Waals surface area contributed by atoms with E-state index in [2.05, 4.69) is 0 Å². The van der Waals surface area contributed by atoms with Gasteiger partial charge in [0.1, 0.15) is 12.4 Å². The lowest BCUT2D eigenvalue weighted by molar-refractivity contribution is -0.157. The van der Waals surface area contributed by atoms with E-state index in [1.807, 2.05) is 6.07 Å². The molecule has 3 N–H and O–H groups in total. The normalized spacial score (nSPS) is 16.8. The van der Waals surface area contributed by atoms with Gasteiger partial charge in [0, 0.05) is 22.6 Å². The van der Waals surface area contributed by atoms with Gasteiger partial charge in [-0.2, -0.15) is 0 Å². The number of cyclic esters (lactones) is 1. The van der Waals surface area contributed by atoms with Gasteiger partial charge in [0.05, 0.1) is 29.0 Å². The molecule has 4 heterocycles. The number of ether oxygens (including phenoxy) is 1. The highest BCUT2D eigenvalue weighted by Gasteiger charge is 2.34. The zero-order chi connectivity index (χ0) is 21.9. The first kappa shape index (κ1) is 19.8. The first-order valence-corrected chi connectivity index (χ1v) is 10.3. The lowest BCUT2D eigenvalue weighted by atomic mass is 9.94. The van der Waals surface area contributed by atoms with Crippen molar-refractivity contribution in [2.24, 2.45) is 5.73 Å². The Morgan fingerprint density at radius 3 is 2.84 bits per heavy atom. The fourth-order valence-corrected chi connectivity index (χ4v) is 4.57. The van der Waals surface area contributed by atoms with E-state index >= 15 is 0 Å². The van der Waals surface area contributed by atoms with Crippen molar-refractivity contribution in [1.82, 2.24) is 9.55 Å². The molecule has 8 heteroatoms. The molecule has 2 aliphatic heterocycles. The van der Waals surface area contributed by atoms with Gasteiger partial charge in [-0.25, -0.2) is 14.2 Å². The van der Waals surface area contributed by atoms with Crippen LogP contribution in [0.3, 0.4) is 0 Å². The second-order valence-corrected chi connectivity index (χ2v) is 8.15. The number of hydrogen-bond donors (Lipinski definition) is 2. The number of aliphatic hydroxyl groups is 1. The SMILES string of the molecule is Cc1cc2c(CCCCN)c3c(nc2cc1F)-c1cc2c(c(=O)n1C3)COC(=O)[C@H]2O. The molecule has 1 atom stereocenters. The third-order valence-corrected chi connectivity index (χ3v) is 6.24. The van der Waals surface area contributed by atoms with Crippen LogP contribution in [-0.4, -0.2) is 27.2 Å². The average molecular weight is 423 g/mol. The summed E-state index contributed by atoms with van der Waals surface area (Å²) in [6, 6.07) is 4.87. The van der Waals surface area contributed by atoms with Gasteiger partial charge in [-0.1, -0.05) is 0 Å². The number of aryl methyl sites for hydroxylation is 2. The van der Waals surface area contributed by atoms with Crippen LogP contribution >= 0.6 is 0 Å². The van der Waals surface area contributed by atoms with E-state index in [9.17, 15) is 19.1 Å². The molecule has 0 bridgehead atoms. The van der Waals surface area contributed by atoms with Crippen LogP contribution in [0.1, 0.15) is 46.8 Å². The molecule has 2 aromatic heterocycles. The number of aliphatic hydroxyl groups excluding tert-OH is 1. The summed E-state index contributed by atoms with van der Waals surface area (Å²) < 4.78 is 20.9. The fourth-order valence-electron chi connectivity index (χ4n) is 4.57. The van der Waals surface area contributed by atoms with Crippen LogP contribution in [0.5, 0.6) is 0 Å². The number of nitrogens with two attached hydrogens (primary N) is 1. The van der Waals surface area contributed by atoms with Crippen LogP contribution in [-0.2, 0) is 29.1 Å². The summed E-state index contributed by atoms with van der Waals surface area (Å²) in [5, 5.41) is 11.1. The maximum atomic E-state index is 14.3. The maximum absolute atomic E-state index is 14.3. The number of benzene rings is 1. The van der Waals surface area contributed by atoms with Gasteiger partial charge in [0.15, 0.2) is 6.10 Å². The second kappa shape index (κ2) is 7.25. The Bertz CT molecular complexity index is 1310. The number of unbranched alkanes of at least 4 members (excludes halogenated alkanes) is 1. The molecule has 0 aliphatic carbocycles. The fraction of sp³-hybridized carbons (Fsp3) is 0.348. The Hall–Kier alpha value is -3.10. The van der Waals surface area contributed by atoms with Crippen molar-refractivity contribution in [1.29, 1.82) is 0 Å². The quantitative estimate of drug-likeness (QED) is 0.385. The molecule has 0 fully saturated rings. The Morgan fingerprint density at radius 1 is 1.26 bits per heavy atom. The molecule has 0 spiro atoms. The number of fused-ring (bicyclic) bond motifs is 5. The van der Waals surface area contributed by atoms with Crippen molar-refractivity contribution in [2.45, 2.75) is 45.4 Å². The van der Waals surface area contributed by atoms with E-state index in [-0.39, 0.29) is 29.1 Å². The summed E-state index contributed by atoms with van der Waals surface area (Å²) in [6.45, 7) is 2.47. The van der Waals surface area contributed by atoms with Crippen molar-refractivity contribution >= 4 is 16.9 Å². The van der Waals surface area contributed by atoms with Crippen LogP contribution in [0.15, 0.2) is 23.0 Å². The van der Waals surface area contributed by atoms with Gasteiger partial charge >= 0.3 is 5.97 Å². The minimum Gasteiger partial charge on any atom is -0.458 e. The Balaban J connectivity index is 1.76. The second-order valence-electron chi connectivity index (χ2n) is 8.15. The smallest absolute Gasteiger partial charge is 0.340 e. The molecule has 3 aromatic rings. The molecule has 5 rings (SSSR count). The molecule has 0 saturated heterocycles. The highest BCUT2D eigenvalue weighted by molar-refractivity contribution is 5.89. The molecule has 2 aliphatic rings. The minimum absolute atomic E-state index is 0.163. The molecule has 160 valence electrons. The number of carbonyl (C=O) groups excluding carboxylic acids is 1. The van der Waals surface area contributed by atoms with Crippen molar-refractivity contribution in [3.8, 4) is 11.4 Å². The van der Waals surface area contributed by atoms with Gasteiger partial charge in [-0.15, -0.1) is 0 Å². The Labute approximate surface area is 177 Å². The van der Waals surface area contributed by atoms with Gasteiger partial charge < -0.3 is 20.1 Å². The minimum atomic E-state index is -1.50. The van der Waals surface area contributed by atoms with E-state index in [0.717, 1.165) is 35.8 Å². The van der Waals surface area contributed by atoms with Crippen molar-refractivity contribution in [3.63, 3.8) is 0 Å². The van der Waals surface area contributed by atoms with Gasteiger partial charge in [0.2, 0.25) is 0 Å². The lowest BCUT2D eigenvalue weighted by Gasteiger charge is -2.21. The van der Waals surface area contributed by atoms with Crippen molar-refractivity contribution in [3.05, 3.63) is 62.2 Å². The lowest BCUT2D eigenvalue weighted by Crippen LogP contribution is -2.32. The zero-order valence-electron chi connectivity index (χ0n) is 17.1. The van der Waals surface area contributed by atoms with Crippen LogP contribution in [0, 0.1) is 12.7 Å². The van der Waals surface area contributed by atoms with Crippen LogP contribution in [0.4, 0.5) is 4.39 Å². The predicted molar refractivity (Wildman–Crippen MR) is 112 cm³/mol. The molecular formula is C23H22FN3O4. The number of nitrogens with zero attached hydrogens (tertiary/aromatic N) is 2. The highest BCUT2D eigenvalue weighted by Crippen LogP contribution is 2.38. The average Bonchev–Trinajstić information content (AvgIpc) is 3.11. The summed E-state index contributed by atoms with van der Waals surface area (Å²) in [7, 11) is 0. The van der Waals surface area contributed by atoms with Crippen molar-refractivity contribution < 1.29 is 19.0 Å². The van der Waals surface area contributed by atoms with Crippen molar-refractivity contribution in [2.75, 3.05) is 6.54 Å². The number of carbonyl (C=O) groups is 1. The number of pyridine rings is 2. The number of hydrogen-bond acceptors (Lipinski definition) is 6. The molecule has 7 nitrogen and oxygen atoms in total. The van der Waals surface area contributed by atoms with Gasteiger partial charge in [-0.05, 0) is 56.0 Å². The summed E-state index contributed by atoms with van der Waals surface area (Å²) in [5.41, 5.74) is 10.0. The third-order valence-electron chi connectivity index (χ3n) is 6.24. The summed E-state index contributed by atoms with van der Waals surface area (Å²) in [5.74, 6) is -1.12. The molecule has 0 amide bonds. The molecule has 0 unspecified atom stereocenters. The third kappa shape index (κ3) is 2.97. The van der Waals surface area contributed by atoms with Gasteiger partial charge in [-0.3, -0.25) is 4.79 Å². The molecule has 31 heavy (non-hydrogen) atoms. The largest absolute Gasteiger partial charge is 0.458 e. The van der Waals surface area contributed by atoms with Gasteiger partial charge in [0.25, 0.3) is 5.56 Å². The molecule has 0 radical (unpaired) electrons. The number of aromatic nitrogens is 2. The highest BCUT2D eigenvalue weighted by atomic mass is 19.1. The number of esters is 1. The Kier molecular flexibility index (Phi) is 4.64. The predicted octanol–water partition coefficient (Wildman–Crippen LogP) is 2.24. The summed E-state index contributed by atoms with van der Waals surface area (Å²) >= 11 is 0. The van der Waals surface area contributed by atoms with Crippen LogP contribution < -0.4 is 11.3 Å². The summed E-state index contributed by atoms with van der Waals surface area (Å²) in [6.07, 6.45) is 0.944. The van der Waals surface area contributed by atoms with E-state index in [1.54, 1.807) is 17.6 Å². The topological polar surface area (TPSA) is 107 Å².